The van der Waals surface area contributed by atoms with Crippen molar-refractivity contribution in [3.8, 4) is 27.9 Å². The van der Waals surface area contributed by atoms with Crippen LogP contribution in [0.15, 0.2) is 273 Å². The number of hydrogen-bond donors (Lipinski definition) is 0. The molecule has 2 nitrogen and oxygen atoms in total. The van der Waals surface area contributed by atoms with Crippen molar-refractivity contribution >= 4 is 78.5 Å². The van der Waals surface area contributed by atoms with Crippen LogP contribution >= 0.6 is 0 Å². The Morgan fingerprint density at radius 2 is 0.746 bits per heavy atom. The molecule has 0 unspecified atom stereocenters. The molecule has 0 radical (unpaired) electrons. The Hall–Kier alpha value is -8.50. The smallest absolute Gasteiger partial charge is 0.179 e. The second kappa shape index (κ2) is 18.1. The first kappa shape index (κ1) is 43.8. The molecule has 0 N–H and O–H groups in total. The van der Waals surface area contributed by atoms with Crippen molar-refractivity contribution in [2.24, 2.45) is 0 Å². The highest BCUT2D eigenvalue weighted by atomic mass is 28.3. The lowest BCUT2D eigenvalue weighted by molar-refractivity contribution is 0.596. The number of benzene rings is 11. The topological polar surface area (TPSA) is 8.17 Å². The Bertz CT molecular complexity index is 3700. The van der Waals surface area contributed by atoms with Gasteiger partial charge in [0.1, 0.15) is 0 Å². The number of nitrogens with zero attached hydrogens (tertiary/aromatic N) is 2. The lowest BCUT2D eigenvalue weighted by atomic mass is 9.82. The van der Waals surface area contributed by atoms with Gasteiger partial charge in [0.15, 0.2) is 8.07 Å². The molecule has 1 aromatic heterocycles. The van der Waals surface area contributed by atoms with Gasteiger partial charge in [-0.25, -0.2) is 0 Å². The minimum atomic E-state index is -2.73. The summed E-state index contributed by atoms with van der Waals surface area (Å²) in [5.74, 6) is 0. The van der Waals surface area contributed by atoms with Gasteiger partial charge in [-0.1, -0.05) is 233 Å². The third-order valence-corrected chi connectivity index (χ3v) is 19.3. The van der Waals surface area contributed by atoms with Crippen LogP contribution in [0, 0.1) is 0 Å². The van der Waals surface area contributed by atoms with Crippen LogP contribution in [0.2, 0.25) is 0 Å². The molecule has 0 saturated heterocycles. The van der Waals surface area contributed by atoms with E-state index in [0.29, 0.717) is 0 Å². The normalized spacial score (nSPS) is 11.9. The summed E-state index contributed by atoms with van der Waals surface area (Å²) in [4.78, 5) is 2.41. The summed E-state index contributed by atoms with van der Waals surface area (Å²) >= 11 is 0. The van der Waals surface area contributed by atoms with Gasteiger partial charge in [0.2, 0.25) is 0 Å². The van der Waals surface area contributed by atoms with E-state index in [4.69, 9.17) is 0 Å². The average molecular weight is 927 g/mol. The molecule has 12 aromatic rings. The molecule has 0 amide bonds. The predicted octanol–water partition coefficient (Wildman–Crippen LogP) is 15.4. The summed E-state index contributed by atoms with van der Waals surface area (Å²) in [6, 6.07) is 101. The third kappa shape index (κ3) is 7.67. The van der Waals surface area contributed by atoms with E-state index in [0.717, 1.165) is 22.7 Å². The van der Waals surface area contributed by atoms with Crippen LogP contribution < -0.4 is 25.6 Å². The van der Waals surface area contributed by atoms with E-state index in [2.05, 4.69) is 303 Å². The lowest BCUT2D eigenvalue weighted by Crippen LogP contribution is -2.74. The first-order valence-corrected chi connectivity index (χ1v) is 26.8. The predicted molar refractivity (Wildman–Crippen MR) is 306 cm³/mol. The number of anilines is 3. The molecule has 0 aliphatic rings. The van der Waals surface area contributed by atoms with Crippen molar-refractivity contribution in [3.63, 3.8) is 0 Å². The van der Waals surface area contributed by atoms with E-state index in [-0.39, 0.29) is 5.41 Å². The Balaban J connectivity index is 1.00. The van der Waals surface area contributed by atoms with E-state index in [9.17, 15) is 0 Å². The Morgan fingerprint density at radius 3 is 1.28 bits per heavy atom. The molecule has 12 rings (SSSR count). The summed E-state index contributed by atoms with van der Waals surface area (Å²) < 4.78 is 2.39. The maximum Gasteiger partial charge on any atom is 0.179 e. The first-order valence-electron chi connectivity index (χ1n) is 24.8. The Kier molecular flexibility index (Phi) is 11.2. The van der Waals surface area contributed by atoms with Gasteiger partial charge in [-0.3, -0.25) is 0 Å². The summed E-state index contributed by atoms with van der Waals surface area (Å²) in [6.45, 7) is 6.90. The highest BCUT2D eigenvalue weighted by Crippen LogP contribution is 2.42. The first-order chi connectivity index (χ1) is 34.9. The van der Waals surface area contributed by atoms with Gasteiger partial charge < -0.3 is 9.47 Å². The van der Waals surface area contributed by atoms with Gasteiger partial charge in [-0.2, -0.15) is 0 Å². The van der Waals surface area contributed by atoms with E-state index in [1.54, 1.807) is 0 Å². The number of hydrogen-bond acceptors (Lipinski definition) is 1. The molecule has 0 fully saturated rings. The zero-order chi connectivity index (χ0) is 47.9. The van der Waals surface area contributed by atoms with Crippen LogP contribution in [0.3, 0.4) is 0 Å². The van der Waals surface area contributed by atoms with Crippen molar-refractivity contribution in [3.05, 3.63) is 279 Å². The van der Waals surface area contributed by atoms with Crippen LogP contribution in [-0.2, 0) is 5.41 Å². The number of aromatic nitrogens is 1. The van der Waals surface area contributed by atoms with Gasteiger partial charge in [-0.15, -0.1) is 0 Å². The molecule has 3 heteroatoms. The molecule has 0 aliphatic heterocycles. The van der Waals surface area contributed by atoms with Crippen molar-refractivity contribution < 1.29 is 0 Å². The molecule has 0 saturated carbocycles. The maximum absolute atomic E-state index is 2.73. The van der Waals surface area contributed by atoms with Crippen molar-refractivity contribution in [1.29, 1.82) is 0 Å². The van der Waals surface area contributed by atoms with Gasteiger partial charge >= 0.3 is 0 Å². The molecule has 0 spiro atoms. The fraction of sp³-hybridized carbons (Fsp3) is 0.0588. The Labute approximate surface area is 418 Å². The SMILES string of the molecule is CC(C)(C)c1ccc(-c2ccc(N(c3ccc(-c4cccc5c4c4ccccc4n5-c4ccccc4)cc3)c3ccc([Si](c4ccccc4)(c4ccccc4)c4ccccc4)cc3)cc2)c2ccccc12. The fourth-order valence-electron chi connectivity index (χ4n) is 11.3. The van der Waals surface area contributed by atoms with Crippen molar-refractivity contribution in [1.82, 2.24) is 4.57 Å². The van der Waals surface area contributed by atoms with Crippen LogP contribution in [-0.4, -0.2) is 12.6 Å². The van der Waals surface area contributed by atoms with Gasteiger partial charge in [0.25, 0.3) is 0 Å². The third-order valence-electron chi connectivity index (χ3n) is 14.5. The lowest BCUT2D eigenvalue weighted by Gasteiger charge is -2.35. The van der Waals surface area contributed by atoms with Gasteiger partial charge in [0, 0.05) is 33.5 Å². The van der Waals surface area contributed by atoms with Crippen LogP contribution in [0.1, 0.15) is 26.3 Å². The van der Waals surface area contributed by atoms with E-state index in [1.807, 2.05) is 0 Å². The largest absolute Gasteiger partial charge is 0.311 e. The molecule has 0 aliphatic carbocycles. The minimum Gasteiger partial charge on any atom is -0.311 e. The highest BCUT2D eigenvalue weighted by Gasteiger charge is 2.41. The Morgan fingerprint density at radius 1 is 0.324 bits per heavy atom. The van der Waals surface area contributed by atoms with E-state index >= 15 is 0 Å². The molecule has 71 heavy (non-hydrogen) atoms. The van der Waals surface area contributed by atoms with Crippen molar-refractivity contribution in [2.75, 3.05) is 4.90 Å². The molecule has 11 aromatic carbocycles. The zero-order valence-electron chi connectivity index (χ0n) is 40.4. The fourth-order valence-corrected chi connectivity index (χ4v) is 16.0. The number of rotatable bonds is 10. The maximum atomic E-state index is 2.41. The van der Waals surface area contributed by atoms with E-state index in [1.165, 1.54) is 81.1 Å². The second-order valence-electron chi connectivity index (χ2n) is 19.7. The molecule has 0 atom stereocenters. The molecular formula is C68H54N2Si. The zero-order valence-corrected chi connectivity index (χ0v) is 41.4. The number of para-hydroxylation sites is 2. The monoisotopic (exact) mass is 926 g/mol. The average Bonchev–Trinajstić information content (AvgIpc) is 3.77. The minimum absolute atomic E-state index is 0.0343. The van der Waals surface area contributed by atoms with Crippen molar-refractivity contribution in [2.45, 2.75) is 26.2 Å². The second-order valence-corrected chi connectivity index (χ2v) is 23.5. The molecular weight excluding hydrogens is 873 g/mol. The summed E-state index contributed by atoms with van der Waals surface area (Å²) in [5, 5.41) is 10.5. The van der Waals surface area contributed by atoms with Crippen LogP contribution in [0.5, 0.6) is 0 Å². The standard InChI is InChI=1S/C68H54N2Si/c1-68(2,3)64-48-47-59(61-29-16-17-30-62(61)64)49-35-39-52(40-36-49)69(54-43-45-58(46-44-54)71(55-23-10-5-11-24-55,56-25-12-6-13-26-56)57-27-14-7-15-28-57)53-41-37-50(38-42-53)60-32-20-34-66-67(60)63-31-18-19-33-65(63)70(66)51-21-8-4-9-22-51/h4-48H,1-3H3. The summed E-state index contributed by atoms with van der Waals surface area (Å²) in [7, 11) is -2.73. The quantitative estimate of drug-likeness (QED) is 0.0980. The van der Waals surface area contributed by atoms with Gasteiger partial charge in [0.05, 0.1) is 11.0 Å². The summed E-state index contributed by atoms with van der Waals surface area (Å²) in [5.41, 5.74) is 13.1. The highest BCUT2D eigenvalue weighted by molar-refractivity contribution is 7.19. The van der Waals surface area contributed by atoms with Crippen LogP contribution in [0.4, 0.5) is 17.1 Å². The van der Waals surface area contributed by atoms with E-state index < -0.39 is 8.07 Å². The number of fused-ring (bicyclic) bond motifs is 4. The summed E-state index contributed by atoms with van der Waals surface area (Å²) in [6.07, 6.45) is 0. The van der Waals surface area contributed by atoms with Gasteiger partial charge in [-0.05, 0) is 125 Å². The molecule has 340 valence electrons. The van der Waals surface area contributed by atoms with Crippen LogP contribution in [0.25, 0.3) is 60.5 Å². The molecule has 0 bridgehead atoms. The molecule has 1 heterocycles.